The van der Waals surface area contributed by atoms with E-state index in [0.717, 1.165) is 40.2 Å². The molecule has 1 aliphatic rings. The van der Waals surface area contributed by atoms with Gasteiger partial charge in [0.15, 0.2) is 0 Å². The maximum atomic E-state index is 12.9. The number of nitrogens with zero attached hydrogens (tertiary/aromatic N) is 1. The van der Waals surface area contributed by atoms with Crippen LogP contribution in [0.15, 0.2) is 82.2 Å². The van der Waals surface area contributed by atoms with Gasteiger partial charge in [-0.05, 0) is 66.9 Å². The standard InChI is InChI=1S/C27H24BrNO3S/c1-19-7-5-10-21(15-19)18-32-24-13-12-23(28)16-22(24)17-25-26(30)29(27(31)33-25)14-6-11-20-8-3-2-4-9-20/h2-5,7-10,12-13,15-17H,6,11,14,18H2,1H3/b25-17+. The molecule has 3 aromatic rings. The van der Waals surface area contributed by atoms with Gasteiger partial charge in [0, 0.05) is 16.6 Å². The van der Waals surface area contributed by atoms with E-state index in [1.54, 1.807) is 6.08 Å². The number of benzene rings is 3. The first-order valence-corrected chi connectivity index (χ1v) is 12.4. The minimum atomic E-state index is -0.248. The molecule has 6 heteroatoms. The van der Waals surface area contributed by atoms with Crippen LogP contribution < -0.4 is 4.74 Å². The van der Waals surface area contributed by atoms with Gasteiger partial charge in [0.05, 0.1) is 4.91 Å². The summed E-state index contributed by atoms with van der Waals surface area (Å²) in [6.07, 6.45) is 3.31. The van der Waals surface area contributed by atoms with Crippen molar-refractivity contribution >= 4 is 44.9 Å². The Morgan fingerprint density at radius 2 is 1.76 bits per heavy atom. The van der Waals surface area contributed by atoms with Crippen LogP contribution in [0, 0.1) is 6.92 Å². The number of amides is 2. The topological polar surface area (TPSA) is 46.6 Å². The summed E-state index contributed by atoms with van der Waals surface area (Å²) >= 11 is 4.47. The average molecular weight is 522 g/mol. The van der Waals surface area contributed by atoms with Crippen molar-refractivity contribution < 1.29 is 14.3 Å². The normalized spacial score (nSPS) is 14.8. The Morgan fingerprint density at radius 1 is 0.970 bits per heavy atom. The smallest absolute Gasteiger partial charge is 0.293 e. The van der Waals surface area contributed by atoms with Gasteiger partial charge in [-0.1, -0.05) is 76.1 Å². The number of thioether (sulfide) groups is 1. The maximum absolute atomic E-state index is 12.9. The van der Waals surface area contributed by atoms with Gasteiger partial charge < -0.3 is 4.74 Å². The van der Waals surface area contributed by atoms with Crippen LogP contribution in [0.1, 0.15) is 28.7 Å². The number of carbonyl (C=O) groups excluding carboxylic acids is 2. The number of aryl methyl sites for hydroxylation is 2. The van der Waals surface area contributed by atoms with Crippen LogP contribution in [-0.2, 0) is 17.8 Å². The minimum absolute atomic E-state index is 0.225. The first-order chi connectivity index (χ1) is 16.0. The predicted molar refractivity (Wildman–Crippen MR) is 137 cm³/mol. The van der Waals surface area contributed by atoms with Gasteiger partial charge >= 0.3 is 0 Å². The number of rotatable bonds is 8. The lowest BCUT2D eigenvalue weighted by molar-refractivity contribution is -0.122. The van der Waals surface area contributed by atoms with Crippen molar-refractivity contribution in [1.82, 2.24) is 4.90 Å². The van der Waals surface area contributed by atoms with Crippen LogP contribution in [0.2, 0.25) is 0 Å². The molecule has 0 N–H and O–H groups in total. The summed E-state index contributed by atoms with van der Waals surface area (Å²) in [5.41, 5.74) is 4.20. The van der Waals surface area contributed by atoms with Crippen molar-refractivity contribution in [3.05, 3.63) is 104 Å². The van der Waals surface area contributed by atoms with Gasteiger partial charge in [0.25, 0.3) is 11.1 Å². The molecule has 33 heavy (non-hydrogen) atoms. The number of carbonyl (C=O) groups is 2. The first kappa shape index (κ1) is 23.3. The SMILES string of the molecule is Cc1cccc(COc2ccc(Br)cc2/C=C2/SC(=O)N(CCCc3ccccc3)C2=O)c1. The molecule has 2 amide bonds. The number of halogens is 1. The van der Waals surface area contributed by atoms with E-state index in [9.17, 15) is 9.59 Å². The summed E-state index contributed by atoms with van der Waals surface area (Å²) < 4.78 is 6.94. The molecule has 1 aliphatic heterocycles. The van der Waals surface area contributed by atoms with E-state index in [2.05, 4.69) is 34.1 Å². The zero-order valence-electron chi connectivity index (χ0n) is 18.3. The second-order valence-electron chi connectivity index (χ2n) is 7.88. The van der Waals surface area contributed by atoms with Crippen LogP contribution in [0.4, 0.5) is 4.79 Å². The molecule has 0 atom stereocenters. The molecule has 1 heterocycles. The molecule has 0 radical (unpaired) electrons. The lowest BCUT2D eigenvalue weighted by atomic mass is 10.1. The lowest BCUT2D eigenvalue weighted by Crippen LogP contribution is -2.29. The van der Waals surface area contributed by atoms with E-state index >= 15 is 0 Å². The summed E-state index contributed by atoms with van der Waals surface area (Å²) in [7, 11) is 0. The molecule has 0 spiro atoms. The van der Waals surface area contributed by atoms with E-state index in [1.165, 1.54) is 16.0 Å². The molecule has 0 unspecified atom stereocenters. The minimum Gasteiger partial charge on any atom is -0.488 e. The Bertz CT molecular complexity index is 1190. The fraction of sp³-hybridized carbons (Fsp3) is 0.185. The van der Waals surface area contributed by atoms with E-state index < -0.39 is 0 Å². The summed E-state index contributed by atoms with van der Waals surface area (Å²) in [5.74, 6) is 0.415. The van der Waals surface area contributed by atoms with Crippen LogP contribution >= 0.6 is 27.7 Å². The van der Waals surface area contributed by atoms with E-state index in [0.29, 0.717) is 23.8 Å². The summed E-state index contributed by atoms with van der Waals surface area (Å²) in [5, 5.41) is -0.225. The number of imide groups is 1. The Labute approximate surface area is 206 Å². The van der Waals surface area contributed by atoms with Crippen molar-refractivity contribution in [3.63, 3.8) is 0 Å². The van der Waals surface area contributed by atoms with Gasteiger partial charge in [-0.3, -0.25) is 14.5 Å². The molecule has 0 aromatic heterocycles. The largest absolute Gasteiger partial charge is 0.488 e. The van der Waals surface area contributed by atoms with Crippen molar-refractivity contribution in [1.29, 1.82) is 0 Å². The van der Waals surface area contributed by atoms with E-state index in [4.69, 9.17) is 4.74 Å². The van der Waals surface area contributed by atoms with Crippen LogP contribution in [0.5, 0.6) is 5.75 Å². The second-order valence-corrected chi connectivity index (χ2v) is 9.79. The second kappa shape index (κ2) is 10.9. The van der Waals surface area contributed by atoms with E-state index in [-0.39, 0.29) is 11.1 Å². The van der Waals surface area contributed by atoms with Crippen molar-refractivity contribution in [3.8, 4) is 5.75 Å². The third kappa shape index (κ3) is 6.15. The molecular weight excluding hydrogens is 498 g/mol. The fourth-order valence-corrected chi connectivity index (χ4v) is 4.88. The van der Waals surface area contributed by atoms with Crippen molar-refractivity contribution in [2.24, 2.45) is 0 Å². The van der Waals surface area contributed by atoms with Gasteiger partial charge in [-0.25, -0.2) is 0 Å². The molecule has 1 fully saturated rings. The van der Waals surface area contributed by atoms with Gasteiger partial charge in [-0.2, -0.15) is 0 Å². The van der Waals surface area contributed by atoms with Gasteiger partial charge in [0.2, 0.25) is 0 Å². The van der Waals surface area contributed by atoms with Gasteiger partial charge in [0.1, 0.15) is 12.4 Å². The summed E-state index contributed by atoms with van der Waals surface area (Å²) in [6, 6.07) is 23.9. The van der Waals surface area contributed by atoms with Crippen LogP contribution in [0.3, 0.4) is 0 Å². The Hall–Kier alpha value is -2.83. The highest BCUT2D eigenvalue weighted by Gasteiger charge is 2.34. The molecule has 1 saturated heterocycles. The molecule has 4 nitrogen and oxygen atoms in total. The zero-order valence-corrected chi connectivity index (χ0v) is 20.7. The maximum Gasteiger partial charge on any atom is 0.293 e. The molecule has 168 valence electrons. The summed E-state index contributed by atoms with van der Waals surface area (Å²) in [4.78, 5) is 27.2. The number of hydrogen-bond acceptors (Lipinski definition) is 4. The molecule has 0 aliphatic carbocycles. The third-order valence-electron chi connectivity index (χ3n) is 5.30. The molecular formula is C27H24BrNO3S. The summed E-state index contributed by atoms with van der Waals surface area (Å²) in [6.45, 7) is 2.88. The zero-order chi connectivity index (χ0) is 23.2. The van der Waals surface area contributed by atoms with E-state index in [1.807, 2.05) is 61.5 Å². The molecule has 0 bridgehead atoms. The monoisotopic (exact) mass is 521 g/mol. The average Bonchev–Trinajstić information content (AvgIpc) is 3.07. The predicted octanol–water partition coefficient (Wildman–Crippen LogP) is 7.01. The Morgan fingerprint density at radius 3 is 2.55 bits per heavy atom. The van der Waals surface area contributed by atoms with Crippen molar-refractivity contribution in [2.75, 3.05) is 6.54 Å². The quantitative estimate of drug-likeness (QED) is 0.299. The fourth-order valence-electron chi connectivity index (χ4n) is 3.65. The molecule has 3 aromatic carbocycles. The molecule has 4 rings (SSSR count). The lowest BCUT2D eigenvalue weighted by Gasteiger charge is -2.12. The number of ether oxygens (including phenoxy) is 1. The van der Waals surface area contributed by atoms with Crippen LogP contribution in [-0.4, -0.2) is 22.6 Å². The highest BCUT2D eigenvalue weighted by molar-refractivity contribution is 9.10. The third-order valence-corrected chi connectivity index (χ3v) is 6.70. The highest BCUT2D eigenvalue weighted by Crippen LogP contribution is 2.35. The van der Waals surface area contributed by atoms with Crippen LogP contribution in [0.25, 0.3) is 6.08 Å². The first-order valence-electron chi connectivity index (χ1n) is 10.8. The Kier molecular flexibility index (Phi) is 7.68. The number of hydrogen-bond donors (Lipinski definition) is 0. The highest BCUT2D eigenvalue weighted by atomic mass is 79.9. The van der Waals surface area contributed by atoms with Crippen molar-refractivity contribution in [2.45, 2.75) is 26.4 Å². The molecule has 0 saturated carbocycles. The van der Waals surface area contributed by atoms with Gasteiger partial charge in [-0.15, -0.1) is 0 Å². The Balaban J connectivity index is 1.45.